The Bertz CT molecular complexity index is 3180. The minimum absolute atomic E-state index is 0.579. The van der Waals surface area contributed by atoms with E-state index in [2.05, 4.69) is 194 Å². The first-order valence-corrected chi connectivity index (χ1v) is 20.5. The molecule has 9 aromatic carbocycles. The van der Waals surface area contributed by atoms with Crippen LogP contribution in [0.5, 0.6) is 11.5 Å². The molecule has 0 unspecified atom stereocenters. The van der Waals surface area contributed by atoms with E-state index in [1.807, 2.05) is 24.3 Å². The van der Waals surface area contributed by atoms with Gasteiger partial charge in [0.25, 0.3) is 0 Å². The first kappa shape index (κ1) is 34.2. The number of benzene rings is 9. The molecule has 1 aliphatic heterocycles. The predicted molar refractivity (Wildman–Crippen MR) is 244 cm³/mol. The highest BCUT2D eigenvalue weighted by atomic mass is 16.5. The Morgan fingerprint density at radius 1 is 0.333 bits per heavy atom. The van der Waals surface area contributed by atoms with Gasteiger partial charge >= 0.3 is 0 Å². The lowest BCUT2D eigenvalue weighted by Crippen LogP contribution is -2.32. The molecule has 2 aliphatic rings. The van der Waals surface area contributed by atoms with E-state index in [9.17, 15) is 0 Å². The number of nitrogens with zero attached hydrogens (tertiary/aromatic N) is 2. The first-order valence-electron chi connectivity index (χ1n) is 20.5. The summed E-state index contributed by atoms with van der Waals surface area (Å²) in [7, 11) is 0. The van der Waals surface area contributed by atoms with E-state index >= 15 is 0 Å². The van der Waals surface area contributed by atoms with Crippen LogP contribution < -0.4 is 4.74 Å². The van der Waals surface area contributed by atoms with Gasteiger partial charge in [0.2, 0.25) is 0 Å². The summed E-state index contributed by atoms with van der Waals surface area (Å²) >= 11 is 0. The highest BCUT2D eigenvalue weighted by Crippen LogP contribution is 2.62. The highest BCUT2D eigenvalue weighted by Gasteiger charge is 2.51. The number of hydrogen-bond acceptors (Lipinski definition) is 3. The third kappa shape index (κ3) is 5.23. The first-order chi connectivity index (χ1) is 29.7. The molecule has 280 valence electrons. The second-order valence-electron chi connectivity index (χ2n) is 15.6. The fraction of sp³-hybridized carbons (Fsp3) is 0.0175. The van der Waals surface area contributed by atoms with Gasteiger partial charge in [-0.15, -0.1) is 0 Å². The molecule has 0 amide bonds. The molecule has 1 spiro atoms. The molecule has 2 heterocycles. The van der Waals surface area contributed by atoms with Gasteiger partial charge in [-0.05, 0) is 85.6 Å². The van der Waals surface area contributed by atoms with Crippen LogP contribution in [0, 0.1) is 0 Å². The van der Waals surface area contributed by atoms with E-state index in [-0.39, 0.29) is 0 Å². The normalized spacial score (nSPS) is 12.9. The number of rotatable bonds is 5. The molecule has 12 rings (SSSR count). The molecular formula is C57H36N2O. The Hall–Kier alpha value is -7.88. The summed E-state index contributed by atoms with van der Waals surface area (Å²) in [5.41, 5.74) is 16.1. The van der Waals surface area contributed by atoms with Gasteiger partial charge in [0.15, 0.2) is 5.82 Å². The summed E-state index contributed by atoms with van der Waals surface area (Å²) in [5.74, 6) is 2.43. The zero-order valence-electron chi connectivity index (χ0n) is 32.6. The van der Waals surface area contributed by atoms with Gasteiger partial charge in [-0.2, -0.15) is 0 Å². The van der Waals surface area contributed by atoms with Gasteiger partial charge in [0, 0.05) is 27.8 Å². The highest BCUT2D eigenvalue weighted by molar-refractivity contribution is 6.05. The van der Waals surface area contributed by atoms with Crippen molar-refractivity contribution in [3.63, 3.8) is 0 Å². The average molecular weight is 765 g/mol. The van der Waals surface area contributed by atoms with E-state index < -0.39 is 5.41 Å². The minimum atomic E-state index is -0.579. The van der Waals surface area contributed by atoms with Gasteiger partial charge in [-0.1, -0.05) is 188 Å². The number of hydrogen-bond donors (Lipinski definition) is 0. The van der Waals surface area contributed by atoms with Crippen molar-refractivity contribution in [1.82, 2.24) is 9.97 Å². The Morgan fingerprint density at radius 3 is 1.62 bits per heavy atom. The number of ether oxygens (including phenoxy) is 1. The Balaban J connectivity index is 1.15. The molecule has 0 atom stereocenters. The third-order valence-electron chi connectivity index (χ3n) is 12.4. The van der Waals surface area contributed by atoms with Crippen LogP contribution in [0.25, 0.3) is 78.1 Å². The zero-order valence-corrected chi connectivity index (χ0v) is 32.6. The molecule has 1 aromatic heterocycles. The van der Waals surface area contributed by atoms with Crippen molar-refractivity contribution in [2.24, 2.45) is 0 Å². The van der Waals surface area contributed by atoms with E-state index in [0.29, 0.717) is 5.82 Å². The van der Waals surface area contributed by atoms with Crippen molar-refractivity contribution in [3.05, 3.63) is 241 Å². The largest absolute Gasteiger partial charge is 0.457 e. The van der Waals surface area contributed by atoms with Crippen molar-refractivity contribution < 1.29 is 4.74 Å². The molecule has 3 heteroatoms. The van der Waals surface area contributed by atoms with Crippen LogP contribution in [0.4, 0.5) is 0 Å². The number of fused-ring (bicyclic) bond motifs is 10. The van der Waals surface area contributed by atoms with Crippen LogP contribution >= 0.6 is 0 Å². The maximum Gasteiger partial charge on any atom is 0.160 e. The minimum Gasteiger partial charge on any atom is -0.457 e. The van der Waals surface area contributed by atoms with Crippen LogP contribution in [-0.4, -0.2) is 9.97 Å². The summed E-state index contributed by atoms with van der Waals surface area (Å²) in [6.07, 6.45) is 0. The average Bonchev–Trinajstić information content (AvgIpc) is 3.62. The molecule has 0 N–H and O–H groups in total. The van der Waals surface area contributed by atoms with E-state index in [4.69, 9.17) is 14.7 Å². The molecule has 3 nitrogen and oxygen atoms in total. The summed E-state index contributed by atoms with van der Waals surface area (Å²) in [5, 5.41) is 2.26. The van der Waals surface area contributed by atoms with Gasteiger partial charge < -0.3 is 4.74 Å². The van der Waals surface area contributed by atoms with E-state index in [0.717, 1.165) is 72.6 Å². The van der Waals surface area contributed by atoms with Crippen molar-refractivity contribution >= 4 is 10.8 Å². The summed E-state index contributed by atoms with van der Waals surface area (Å²) in [6, 6.07) is 77.9. The van der Waals surface area contributed by atoms with Crippen LogP contribution in [0.1, 0.15) is 22.3 Å². The maximum atomic E-state index is 6.83. The van der Waals surface area contributed by atoms with Crippen LogP contribution in [0.3, 0.4) is 0 Å². The summed E-state index contributed by atoms with van der Waals surface area (Å²) < 4.78 is 6.83. The molecule has 0 saturated carbocycles. The topological polar surface area (TPSA) is 35.0 Å². The number of para-hydroxylation sites is 1. The summed E-state index contributed by atoms with van der Waals surface area (Å²) in [6.45, 7) is 0. The molecule has 60 heavy (non-hydrogen) atoms. The monoisotopic (exact) mass is 764 g/mol. The third-order valence-corrected chi connectivity index (χ3v) is 12.4. The Kier molecular flexibility index (Phi) is 7.76. The van der Waals surface area contributed by atoms with E-state index in [1.165, 1.54) is 33.4 Å². The van der Waals surface area contributed by atoms with Gasteiger partial charge in [-0.25, -0.2) is 9.97 Å². The quantitative estimate of drug-likeness (QED) is 0.175. The van der Waals surface area contributed by atoms with Crippen molar-refractivity contribution in [2.75, 3.05) is 0 Å². The van der Waals surface area contributed by atoms with Crippen LogP contribution in [0.15, 0.2) is 218 Å². The molecule has 10 aromatic rings. The Morgan fingerprint density at radius 2 is 0.900 bits per heavy atom. The second kappa shape index (κ2) is 13.6. The SMILES string of the molecule is c1ccc(-c2ccc3c(-c4cc(-c5ccccc5)nc(-c5ccccc5)n4)c(-c4ccc5c(c4)C4(c6ccccc6O5)c5ccccc5-c5ccccc54)ccc3c2)cc1. The molecule has 0 saturated heterocycles. The lowest BCUT2D eigenvalue weighted by Gasteiger charge is -2.39. The smallest absolute Gasteiger partial charge is 0.160 e. The zero-order chi connectivity index (χ0) is 39.6. The fourth-order valence-corrected chi connectivity index (χ4v) is 9.73. The molecular weight excluding hydrogens is 729 g/mol. The standard InChI is InChI=1S/C57H36N2O/c1-4-16-37(17-5-1)40-28-31-43-41(34-40)29-32-44(55(43)52-36-51(38-18-6-2-7-19-38)58-56(59-52)39-20-8-3-9-21-39)42-30-33-54-50(35-42)57(49-26-14-15-27-53(49)60-54)47-24-12-10-22-45(47)46-23-11-13-25-48(46)57/h1-36H. The lowest BCUT2D eigenvalue weighted by molar-refractivity contribution is 0.436. The van der Waals surface area contributed by atoms with Crippen molar-refractivity contribution in [3.8, 4) is 78.8 Å². The fourth-order valence-electron chi connectivity index (χ4n) is 9.73. The van der Waals surface area contributed by atoms with Gasteiger partial charge in [-0.3, -0.25) is 0 Å². The lowest BCUT2D eigenvalue weighted by atomic mass is 9.65. The number of aromatic nitrogens is 2. The molecule has 0 radical (unpaired) electrons. The maximum absolute atomic E-state index is 6.83. The molecule has 0 fully saturated rings. The molecule has 0 bridgehead atoms. The van der Waals surface area contributed by atoms with Gasteiger partial charge in [0.1, 0.15) is 11.5 Å². The second-order valence-corrected chi connectivity index (χ2v) is 15.6. The summed E-state index contributed by atoms with van der Waals surface area (Å²) in [4.78, 5) is 10.6. The van der Waals surface area contributed by atoms with Crippen LogP contribution in [-0.2, 0) is 5.41 Å². The molecule has 1 aliphatic carbocycles. The predicted octanol–water partition coefficient (Wildman–Crippen LogP) is 14.4. The Labute approximate surface area is 348 Å². The van der Waals surface area contributed by atoms with Crippen molar-refractivity contribution in [2.45, 2.75) is 5.41 Å². The van der Waals surface area contributed by atoms with Gasteiger partial charge in [0.05, 0.1) is 16.8 Å². The van der Waals surface area contributed by atoms with Crippen LogP contribution in [0.2, 0.25) is 0 Å². The van der Waals surface area contributed by atoms with E-state index in [1.54, 1.807) is 0 Å². The van der Waals surface area contributed by atoms with Crippen molar-refractivity contribution in [1.29, 1.82) is 0 Å².